The Morgan fingerprint density at radius 1 is 1.22 bits per heavy atom. The van der Waals surface area contributed by atoms with Crippen molar-refractivity contribution in [2.75, 3.05) is 6.61 Å². The van der Waals surface area contributed by atoms with Crippen LogP contribution < -0.4 is 5.32 Å². The molecular formula is C17H19N2O7P. The first kappa shape index (κ1) is 20.6. The summed E-state index contributed by atoms with van der Waals surface area (Å²) in [5.74, 6) is -1.43. The van der Waals surface area contributed by atoms with E-state index in [9.17, 15) is 24.4 Å². The maximum atomic E-state index is 12.5. The molecule has 2 N–H and O–H groups in total. The zero-order chi connectivity index (χ0) is 19.9. The van der Waals surface area contributed by atoms with Crippen LogP contribution in [0.1, 0.15) is 23.8 Å². The predicted molar refractivity (Wildman–Crippen MR) is 97.1 cm³/mol. The normalized spacial score (nSPS) is 14.0. The lowest BCUT2D eigenvalue weighted by molar-refractivity contribution is -0.384. The summed E-state index contributed by atoms with van der Waals surface area (Å²) in [7, 11) is -4.29. The average Bonchev–Trinajstić information content (AvgIpc) is 2.65. The largest absolute Gasteiger partial charge is 0.445 e. The first-order valence-corrected chi connectivity index (χ1v) is 9.66. The van der Waals surface area contributed by atoms with Crippen molar-refractivity contribution in [1.29, 1.82) is 0 Å². The van der Waals surface area contributed by atoms with Gasteiger partial charge in [0.05, 0.1) is 11.5 Å². The Bertz CT molecular complexity index is 827. The van der Waals surface area contributed by atoms with Crippen LogP contribution in [0.3, 0.4) is 0 Å². The summed E-state index contributed by atoms with van der Waals surface area (Å²) >= 11 is 0. The number of nitro benzene ring substituents is 1. The number of non-ortho nitro benzene ring substituents is 1. The van der Waals surface area contributed by atoms with E-state index in [1.807, 2.05) is 6.07 Å². The smallest absolute Gasteiger partial charge is 0.408 e. The van der Waals surface area contributed by atoms with Crippen molar-refractivity contribution < 1.29 is 28.4 Å². The number of benzene rings is 2. The molecule has 1 amide bonds. The van der Waals surface area contributed by atoms with Gasteiger partial charge in [0.1, 0.15) is 6.61 Å². The SMILES string of the molecule is CCOP(=O)(O)C(NC(=O)OCc1ccccc1)c1ccc([N+](=O)[O-])cc1. The molecule has 9 nitrogen and oxygen atoms in total. The number of amides is 1. The molecule has 10 heteroatoms. The van der Waals surface area contributed by atoms with Gasteiger partial charge in [-0.1, -0.05) is 30.3 Å². The highest BCUT2D eigenvalue weighted by Gasteiger charge is 2.35. The summed E-state index contributed by atoms with van der Waals surface area (Å²) in [5, 5.41) is 13.1. The molecule has 0 aliphatic heterocycles. The summed E-state index contributed by atoms with van der Waals surface area (Å²) in [6.45, 7) is 1.45. The van der Waals surface area contributed by atoms with E-state index in [0.717, 1.165) is 5.56 Å². The van der Waals surface area contributed by atoms with Crippen LogP contribution in [-0.2, 0) is 20.4 Å². The van der Waals surface area contributed by atoms with Crippen molar-refractivity contribution in [3.63, 3.8) is 0 Å². The summed E-state index contributed by atoms with van der Waals surface area (Å²) in [6.07, 6.45) is -0.920. The minimum atomic E-state index is -4.29. The number of hydrogen-bond acceptors (Lipinski definition) is 6. The number of rotatable bonds is 8. The molecule has 0 saturated carbocycles. The predicted octanol–water partition coefficient (Wildman–Crippen LogP) is 3.74. The third kappa shape index (κ3) is 5.89. The molecular weight excluding hydrogens is 375 g/mol. The molecule has 0 spiro atoms. The number of nitrogens with zero attached hydrogens (tertiary/aromatic N) is 1. The van der Waals surface area contributed by atoms with Gasteiger partial charge in [0.25, 0.3) is 5.69 Å². The second kappa shape index (κ2) is 9.27. The highest BCUT2D eigenvalue weighted by molar-refractivity contribution is 7.53. The fraction of sp³-hybridized carbons (Fsp3) is 0.235. The molecule has 0 saturated heterocycles. The lowest BCUT2D eigenvalue weighted by Crippen LogP contribution is -2.29. The second-order valence-corrected chi connectivity index (χ2v) is 7.34. The van der Waals surface area contributed by atoms with Crippen LogP contribution in [-0.4, -0.2) is 22.5 Å². The van der Waals surface area contributed by atoms with Gasteiger partial charge in [0.15, 0.2) is 5.78 Å². The topological polar surface area (TPSA) is 128 Å². The zero-order valence-corrected chi connectivity index (χ0v) is 15.4. The lowest BCUT2D eigenvalue weighted by atomic mass is 10.2. The van der Waals surface area contributed by atoms with Gasteiger partial charge in [-0.25, -0.2) is 4.79 Å². The number of nitrogens with one attached hydrogen (secondary N) is 1. The first-order valence-electron chi connectivity index (χ1n) is 8.02. The number of ether oxygens (including phenoxy) is 1. The third-order valence-corrected chi connectivity index (χ3v) is 5.24. The monoisotopic (exact) mass is 394 g/mol. The van der Waals surface area contributed by atoms with Crippen molar-refractivity contribution in [3.8, 4) is 0 Å². The van der Waals surface area contributed by atoms with Crippen LogP contribution in [0.2, 0.25) is 0 Å². The second-order valence-electron chi connectivity index (χ2n) is 5.44. The molecule has 2 atom stereocenters. The highest BCUT2D eigenvalue weighted by Crippen LogP contribution is 2.55. The minimum absolute atomic E-state index is 0.0238. The number of carbonyl (C=O) groups excluding carboxylic acids is 1. The van der Waals surface area contributed by atoms with Crippen LogP contribution >= 0.6 is 7.60 Å². The van der Waals surface area contributed by atoms with E-state index in [4.69, 9.17) is 9.26 Å². The molecule has 2 rings (SSSR count). The Morgan fingerprint density at radius 3 is 2.41 bits per heavy atom. The van der Waals surface area contributed by atoms with E-state index in [1.165, 1.54) is 31.2 Å². The molecule has 0 aromatic heterocycles. The fourth-order valence-electron chi connectivity index (χ4n) is 2.27. The summed E-state index contributed by atoms with van der Waals surface area (Å²) < 4.78 is 22.4. The van der Waals surface area contributed by atoms with E-state index in [1.54, 1.807) is 24.3 Å². The van der Waals surface area contributed by atoms with Crippen molar-refractivity contribution in [1.82, 2.24) is 5.32 Å². The van der Waals surface area contributed by atoms with Crippen LogP contribution in [0.4, 0.5) is 10.5 Å². The van der Waals surface area contributed by atoms with Gasteiger partial charge in [0, 0.05) is 12.1 Å². The average molecular weight is 394 g/mol. The molecule has 0 bridgehead atoms. The van der Waals surface area contributed by atoms with Crippen molar-refractivity contribution in [2.45, 2.75) is 19.3 Å². The lowest BCUT2D eigenvalue weighted by Gasteiger charge is -2.23. The Kier molecular flexibility index (Phi) is 7.06. The van der Waals surface area contributed by atoms with Crippen LogP contribution in [0.25, 0.3) is 0 Å². The van der Waals surface area contributed by atoms with Gasteiger partial charge in [-0.3, -0.25) is 14.7 Å². The number of carbonyl (C=O) groups is 1. The van der Waals surface area contributed by atoms with Gasteiger partial charge in [-0.05, 0) is 30.2 Å². The third-order valence-electron chi connectivity index (χ3n) is 3.53. The van der Waals surface area contributed by atoms with Gasteiger partial charge >= 0.3 is 13.7 Å². The Morgan fingerprint density at radius 2 is 1.85 bits per heavy atom. The summed E-state index contributed by atoms with van der Waals surface area (Å²) in [6, 6.07) is 13.8. The maximum absolute atomic E-state index is 12.5. The van der Waals surface area contributed by atoms with Gasteiger partial charge < -0.3 is 19.5 Å². The zero-order valence-electron chi connectivity index (χ0n) is 14.5. The Balaban J connectivity index is 2.16. The Hall–Kier alpha value is -2.74. The van der Waals surface area contributed by atoms with Gasteiger partial charge in [0.2, 0.25) is 0 Å². The number of nitro groups is 1. The first-order chi connectivity index (χ1) is 12.8. The van der Waals surface area contributed by atoms with Crippen LogP contribution in [0.5, 0.6) is 0 Å². The molecule has 0 fully saturated rings. The maximum Gasteiger partial charge on any atom is 0.408 e. The molecule has 0 radical (unpaired) electrons. The minimum Gasteiger partial charge on any atom is -0.445 e. The quantitative estimate of drug-likeness (QED) is 0.396. The van der Waals surface area contributed by atoms with E-state index < -0.39 is 24.4 Å². The molecule has 27 heavy (non-hydrogen) atoms. The van der Waals surface area contributed by atoms with E-state index in [0.29, 0.717) is 0 Å². The summed E-state index contributed by atoms with van der Waals surface area (Å²) in [5.41, 5.74) is 0.737. The molecule has 0 aliphatic carbocycles. The van der Waals surface area contributed by atoms with Gasteiger partial charge in [-0.2, -0.15) is 0 Å². The molecule has 2 aromatic rings. The molecule has 2 aromatic carbocycles. The van der Waals surface area contributed by atoms with Crippen molar-refractivity contribution in [3.05, 3.63) is 75.8 Å². The van der Waals surface area contributed by atoms with Crippen molar-refractivity contribution >= 4 is 19.4 Å². The van der Waals surface area contributed by atoms with E-state index >= 15 is 0 Å². The molecule has 144 valence electrons. The fourth-order valence-corrected chi connectivity index (χ4v) is 3.60. The standard InChI is InChI=1S/C17H19N2O7P/c1-2-26-27(23,24)16(14-8-10-15(11-9-14)19(21)22)18-17(20)25-12-13-6-4-3-5-7-13/h3-11,16H,2,12H2,1H3,(H,18,20)(H,23,24). The van der Waals surface area contributed by atoms with Crippen LogP contribution in [0.15, 0.2) is 54.6 Å². The summed E-state index contributed by atoms with van der Waals surface area (Å²) in [4.78, 5) is 32.4. The molecule has 0 aliphatic rings. The van der Waals surface area contributed by atoms with Crippen LogP contribution in [0, 0.1) is 10.1 Å². The number of alkyl carbamates (subject to hydrolysis) is 1. The number of hydrogen-bond donors (Lipinski definition) is 2. The Labute approximate surface area is 155 Å². The molecule has 0 heterocycles. The van der Waals surface area contributed by atoms with E-state index in [-0.39, 0.29) is 24.5 Å². The van der Waals surface area contributed by atoms with Crippen molar-refractivity contribution in [2.24, 2.45) is 0 Å². The van der Waals surface area contributed by atoms with Gasteiger partial charge in [-0.15, -0.1) is 0 Å². The molecule has 2 unspecified atom stereocenters. The highest BCUT2D eigenvalue weighted by atomic mass is 31.2. The van der Waals surface area contributed by atoms with E-state index in [2.05, 4.69) is 5.32 Å².